The van der Waals surface area contributed by atoms with E-state index >= 15 is 0 Å². The fourth-order valence-electron chi connectivity index (χ4n) is 1.64. The highest BCUT2D eigenvalue weighted by Crippen LogP contribution is 2.25. The number of methoxy groups -OCH3 is 1. The van der Waals surface area contributed by atoms with Crippen LogP contribution in [0.25, 0.3) is 0 Å². The van der Waals surface area contributed by atoms with E-state index in [1.54, 1.807) is 20.1 Å². The number of rotatable bonds is 5. The third kappa shape index (κ3) is 3.62. The first-order valence-corrected chi connectivity index (χ1v) is 5.41. The van der Waals surface area contributed by atoms with Crippen molar-refractivity contribution in [3.05, 3.63) is 18.2 Å². The topological polar surface area (TPSA) is 67.5 Å². The van der Waals surface area contributed by atoms with Crippen molar-refractivity contribution in [2.24, 2.45) is 0 Å². The largest absolute Gasteiger partial charge is 0.497 e. The van der Waals surface area contributed by atoms with Crippen LogP contribution in [0.15, 0.2) is 18.2 Å². The molecule has 2 unspecified atom stereocenters. The van der Waals surface area contributed by atoms with Crippen molar-refractivity contribution in [1.82, 2.24) is 0 Å². The molecule has 0 aliphatic heterocycles. The highest BCUT2D eigenvalue weighted by molar-refractivity contribution is 5.68. The van der Waals surface area contributed by atoms with E-state index in [1.165, 1.54) is 0 Å². The fourth-order valence-corrected chi connectivity index (χ4v) is 1.64. The normalized spacial score (nSPS) is 14.2. The number of nitrogens with one attached hydrogen (secondary N) is 1. The van der Waals surface area contributed by atoms with Crippen LogP contribution in [0.3, 0.4) is 0 Å². The molecule has 0 saturated carbocycles. The molecular formula is C12H20N2O2. The van der Waals surface area contributed by atoms with Gasteiger partial charge in [-0.25, -0.2) is 0 Å². The molecule has 0 saturated heterocycles. The first-order valence-electron chi connectivity index (χ1n) is 5.41. The average molecular weight is 224 g/mol. The molecule has 0 bridgehead atoms. The monoisotopic (exact) mass is 224 g/mol. The van der Waals surface area contributed by atoms with Crippen LogP contribution in [0.1, 0.15) is 20.3 Å². The number of hydrogen-bond acceptors (Lipinski definition) is 4. The van der Waals surface area contributed by atoms with Crippen molar-refractivity contribution in [3.63, 3.8) is 0 Å². The minimum atomic E-state index is -0.318. The fraction of sp³-hybridized carbons (Fsp3) is 0.500. The van der Waals surface area contributed by atoms with Crippen molar-refractivity contribution in [3.8, 4) is 5.75 Å². The van der Waals surface area contributed by atoms with Crippen molar-refractivity contribution < 1.29 is 9.84 Å². The summed E-state index contributed by atoms with van der Waals surface area (Å²) in [6.07, 6.45) is 0.368. The predicted octanol–water partition coefficient (Wildman–Crippen LogP) is 1.85. The van der Waals surface area contributed by atoms with Crippen molar-refractivity contribution in [2.75, 3.05) is 18.2 Å². The molecule has 0 aromatic heterocycles. The molecule has 4 heteroatoms. The first kappa shape index (κ1) is 12.6. The number of ether oxygens (including phenoxy) is 1. The van der Waals surface area contributed by atoms with Crippen LogP contribution in [-0.4, -0.2) is 24.4 Å². The predicted molar refractivity (Wildman–Crippen MR) is 66.8 cm³/mol. The molecule has 0 spiro atoms. The zero-order valence-corrected chi connectivity index (χ0v) is 10.0. The van der Waals surface area contributed by atoms with E-state index in [4.69, 9.17) is 10.5 Å². The highest BCUT2D eigenvalue weighted by Gasteiger charge is 2.08. The van der Waals surface area contributed by atoms with Crippen molar-refractivity contribution >= 4 is 11.4 Å². The van der Waals surface area contributed by atoms with Gasteiger partial charge in [0.2, 0.25) is 0 Å². The van der Waals surface area contributed by atoms with Gasteiger partial charge in [-0.2, -0.15) is 0 Å². The van der Waals surface area contributed by atoms with Crippen molar-refractivity contribution in [2.45, 2.75) is 32.4 Å². The van der Waals surface area contributed by atoms with Crippen LogP contribution in [0.2, 0.25) is 0 Å². The summed E-state index contributed by atoms with van der Waals surface area (Å²) in [5, 5.41) is 12.5. The number of anilines is 2. The molecule has 4 nitrogen and oxygen atoms in total. The molecule has 0 amide bonds. The van der Waals surface area contributed by atoms with Crippen LogP contribution in [0.5, 0.6) is 5.75 Å². The number of aliphatic hydroxyl groups is 1. The van der Waals surface area contributed by atoms with E-state index in [-0.39, 0.29) is 12.1 Å². The molecule has 1 aromatic rings. The Bertz CT molecular complexity index is 340. The zero-order valence-electron chi connectivity index (χ0n) is 10.0. The second-order valence-electron chi connectivity index (χ2n) is 4.08. The van der Waals surface area contributed by atoms with E-state index in [2.05, 4.69) is 5.32 Å². The Balaban J connectivity index is 2.66. The summed E-state index contributed by atoms with van der Waals surface area (Å²) in [6.45, 7) is 3.78. The molecule has 1 rings (SSSR count). The van der Waals surface area contributed by atoms with Crippen LogP contribution in [0, 0.1) is 0 Å². The average Bonchev–Trinajstić information content (AvgIpc) is 2.19. The van der Waals surface area contributed by atoms with Gasteiger partial charge in [-0.1, -0.05) is 0 Å². The Morgan fingerprint density at radius 3 is 2.62 bits per heavy atom. The number of benzene rings is 1. The van der Waals surface area contributed by atoms with Crippen LogP contribution in [0.4, 0.5) is 11.4 Å². The van der Waals surface area contributed by atoms with Gasteiger partial charge in [0, 0.05) is 12.1 Å². The minimum Gasteiger partial charge on any atom is -0.497 e. The van der Waals surface area contributed by atoms with Gasteiger partial charge in [-0.3, -0.25) is 0 Å². The van der Waals surface area contributed by atoms with E-state index in [0.29, 0.717) is 12.1 Å². The Morgan fingerprint density at radius 2 is 2.12 bits per heavy atom. The maximum absolute atomic E-state index is 9.26. The summed E-state index contributed by atoms with van der Waals surface area (Å²) in [7, 11) is 1.61. The minimum absolute atomic E-state index is 0.177. The Hall–Kier alpha value is -1.42. The van der Waals surface area contributed by atoms with Crippen LogP contribution in [-0.2, 0) is 0 Å². The molecule has 1 aromatic carbocycles. The molecule has 90 valence electrons. The third-order valence-electron chi connectivity index (χ3n) is 2.36. The summed E-state index contributed by atoms with van der Waals surface area (Å²) >= 11 is 0. The molecule has 4 N–H and O–H groups in total. The van der Waals surface area contributed by atoms with Crippen LogP contribution < -0.4 is 15.8 Å². The lowest BCUT2D eigenvalue weighted by molar-refractivity contribution is 0.179. The summed E-state index contributed by atoms with van der Waals surface area (Å²) in [5.74, 6) is 0.742. The van der Waals surface area contributed by atoms with Gasteiger partial charge in [0.05, 0.1) is 24.6 Å². The summed E-state index contributed by atoms with van der Waals surface area (Å²) in [5.41, 5.74) is 7.39. The van der Waals surface area contributed by atoms with Gasteiger partial charge in [-0.05, 0) is 32.4 Å². The maximum Gasteiger partial charge on any atom is 0.121 e. The molecule has 0 aliphatic rings. The third-order valence-corrected chi connectivity index (χ3v) is 2.36. The van der Waals surface area contributed by atoms with E-state index in [0.717, 1.165) is 11.4 Å². The van der Waals surface area contributed by atoms with E-state index in [1.807, 2.05) is 19.1 Å². The molecule has 0 heterocycles. The number of hydrogen-bond donors (Lipinski definition) is 3. The zero-order chi connectivity index (χ0) is 12.1. The van der Waals surface area contributed by atoms with Crippen LogP contribution >= 0.6 is 0 Å². The number of aliphatic hydroxyl groups excluding tert-OH is 1. The van der Waals surface area contributed by atoms with Gasteiger partial charge in [0.15, 0.2) is 0 Å². The lowest BCUT2D eigenvalue weighted by Gasteiger charge is -2.18. The molecule has 16 heavy (non-hydrogen) atoms. The summed E-state index contributed by atoms with van der Waals surface area (Å²) in [6, 6.07) is 5.69. The number of nitrogen functional groups attached to an aromatic ring is 1. The Labute approximate surface area is 96.4 Å². The maximum atomic E-state index is 9.26. The first-order chi connectivity index (χ1) is 7.52. The van der Waals surface area contributed by atoms with Gasteiger partial charge >= 0.3 is 0 Å². The van der Waals surface area contributed by atoms with Gasteiger partial charge < -0.3 is 20.9 Å². The van der Waals surface area contributed by atoms with E-state index < -0.39 is 0 Å². The van der Waals surface area contributed by atoms with Gasteiger partial charge in [-0.15, -0.1) is 0 Å². The second kappa shape index (κ2) is 5.61. The quantitative estimate of drug-likeness (QED) is 0.668. The standard InChI is InChI=1S/C12H20N2O2/c1-8(6-9(2)15)14-12-5-4-10(16-3)7-11(12)13/h4-5,7-9,14-15H,6,13H2,1-3H3. The molecule has 0 fully saturated rings. The lowest BCUT2D eigenvalue weighted by Crippen LogP contribution is -2.21. The Morgan fingerprint density at radius 1 is 1.44 bits per heavy atom. The highest BCUT2D eigenvalue weighted by atomic mass is 16.5. The lowest BCUT2D eigenvalue weighted by atomic mass is 10.1. The van der Waals surface area contributed by atoms with E-state index in [9.17, 15) is 5.11 Å². The summed E-state index contributed by atoms with van der Waals surface area (Å²) < 4.78 is 5.07. The number of nitrogens with two attached hydrogens (primary N) is 1. The second-order valence-corrected chi connectivity index (χ2v) is 4.08. The van der Waals surface area contributed by atoms with Gasteiger partial charge in [0.25, 0.3) is 0 Å². The molecule has 0 aliphatic carbocycles. The molecule has 2 atom stereocenters. The molecule has 0 radical (unpaired) electrons. The van der Waals surface area contributed by atoms with Gasteiger partial charge in [0.1, 0.15) is 5.75 Å². The summed E-state index contributed by atoms with van der Waals surface area (Å²) in [4.78, 5) is 0. The SMILES string of the molecule is COc1ccc(NC(C)CC(C)O)c(N)c1. The molecular weight excluding hydrogens is 204 g/mol. The Kier molecular flexibility index (Phi) is 4.43. The van der Waals surface area contributed by atoms with Crippen molar-refractivity contribution in [1.29, 1.82) is 0 Å². The smallest absolute Gasteiger partial charge is 0.121 e.